The third-order valence-electron chi connectivity index (χ3n) is 2.23. The SMILES string of the molecule is C[C@@](O)(CN)CCc1ccccc1. The molecule has 0 aliphatic heterocycles. The molecular formula is C11H17NO. The smallest absolute Gasteiger partial charge is 0.0744 e. The highest BCUT2D eigenvalue weighted by molar-refractivity contribution is 5.14. The van der Waals surface area contributed by atoms with Crippen molar-refractivity contribution in [2.45, 2.75) is 25.4 Å². The number of rotatable bonds is 4. The molecule has 0 aliphatic carbocycles. The van der Waals surface area contributed by atoms with Crippen LogP contribution in [0.5, 0.6) is 0 Å². The molecule has 1 atom stereocenters. The van der Waals surface area contributed by atoms with E-state index in [-0.39, 0.29) is 0 Å². The van der Waals surface area contributed by atoms with Gasteiger partial charge >= 0.3 is 0 Å². The summed E-state index contributed by atoms with van der Waals surface area (Å²) in [6.07, 6.45) is 1.60. The lowest BCUT2D eigenvalue weighted by Gasteiger charge is -2.20. The third kappa shape index (κ3) is 3.57. The van der Waals surface area contributed by atoms with Crippen LogP contribution in [0.3, 0.4) is 0 Å². The first-order valence-electron chi connectivity index (χ1n) is 4.60. The zero-order valence-corrected chi connectivity index (χ0v) is 8.03. The molecule has 2 heteroatoms. The van der Waals surface area contributed by atoms with Gasteiger partial charge in [-0.05, 0) is 25.3 Å². The highest BCUT2D eigenvalue weighted by atomic mass is 16.3. The normalized spacial score (nSPS) is 15.3. The van der Waals surface area contributed by atoms with E-state index in [9.17, 15) is 5.11 Å². The van der Waals surface area contributed by atoms with Gasteiger partial charge in [-0.25, -0.2) is 0 Å². The zero-order valence-electron chi connectivity index (χ0n) is 8.03. The highest BCUT2D eigenvalue weighted by Gasteiger charge is 2.16. The van der Waals surface area contributed by atoms with Crippen molar-refractivity contribution in [3.8, 4) is 0 Å². The van der Waals surface area contributed by atoms with E-state index in [2.05, 4.69) is 12.1 Å². The summed E-state index contributed by atoms with van der Waals surface area (Å²) in [5.41, 5.74) is 5.94. The number of hydrogen-bond donors (Lipinski definition) is 2. The number of hydrogen-bond acceptors (Lipinski definition) is 2. The van der Waals surface area contributed by atoms with E-state index in [0.29, 0.717) is 13.0 Å². The van der Waals surface area contributed by atoms with Crippen molar-refractivity contribution < 1.29 is 5.11 Å². The molecule has 0 aromatic heterocycles. The fraction of sp³-hybridized carbons (Fsp3) is 0.455. The largest absolute Gasteiger partial charge is 0.389 e. The average Bonchev–Trinajstić information content (AvgIpc) is 2.17. The average molecular weight is 179 g/mol. The van der Waals surface area contributed by atoms with Gasteiger partial charge in [0.1, 0.15) is 0 Å². The molecule has 72 valence electrons. The number of aliphatic hydroxyl groups is 1. The van der Waals surface area contributed by atoms with Crippen molar-refractivity contribution in [1.82, 2.24) is 0 Å². The second-order valence-electron chi connectivity index (χ2n) is 3.69. The molecule has 0 amide bonds. The van der Waals surface area contributed by atoms with E-state index < -0.39 is 5.60 Å². The first-order valence-corrected chi connectivity index (χ1v) is 4.60. The summed E-state index contributed by atoms with van der Waals surface area (Å²) in [4.78, 5) is 0. The minimum absolute atomic E-state index is 0.319. The molecule has 1 rings (SSSR count). The fourth-order valence-corrected chi connectivity index (χ4v) is 1.16. The fourth-order valence-electron chi connectivity index (χ4n) is 1.16. The van der Waals surface area contributed by atoms with Crippen LogP contribution >= 0.6 is 0 Å². The molecule has 2 nitrogen and oxygen atoms in total. The summed E-state index contributed by atoms with van der Waals surface area (Å²) in [6.45, 7) is 2.09. The Balaban J connectivity index is 2.44. The quantitative estimate of drug-likeness (QED) is 0.732. The van der Waals surface area contributed by atoms with Gasteiger partial charge in [-0.15, -0.1) is 0 Å². The van der Waals surface area contributed by atoms with Crippen LogP contribution in [-0.4, -0.2) is 17.3 Å². The molecule has 0 spiro atoms. The predicted molar refractivity (Wildman–Crippen MR) is 54.4 cm³/mol. The molecule has 0 aliphatic rings. The van der Waals surface area contributed by atoms with Crippen LogP contribution < -0.4 is 5.73 Å². The van der Waals surface area contributed by atoms with Gasteiger partial charge in [-0.1, -0.05) is 30.3 Å². The lowest BCUT2D eigenvalue weighted by molar-refractivity contribution is 0.0603. The Kier molecular flexibility index (Phi) is 3.46. The predicted octanol–water partition coefficient (Wildman–Crippen LogP) is 1.33. The first-order chi connectivity index (χ1) is 6.14. The van der Waals surface area contributed by atoms with Crippen LogP contribution in [0.4, 0.5) is 0 Å². The summed E-state index contributed by atoms with van der Waals surface area (Å²) < 4.78 is 0. The van der Waals surface area contributed by atoms with Crippen LogP contribution in [0.1, 0.15) is 18.9 Å². The van der Waals surface area contributed by atoms with Crippen molar-refractivity contribution in [2.75, 3.05) is 6.54 Å². The van der Waals surface area contributed by atoms with E-state index in [4.69, 9.17) is 5.73 Å². The minimum atomic E-state index is -0.726. The molecule has 0 heterocycles. The van der Waals surface area contributed by atoms with Crippen molar-refractivity contribution in [2.24, 2.45) is 5.73 Å². The highest BCUT2D eigenvalue weighted by Crippen LogP contribution is 2.12. The van der Waals surface area contributed by atoms with Gasteiger partial charge in [0.05, 0.1) is 5.60 Å². The molecule has 0 unspecified atom stereocenters. The standard InChI is InChI=1S/C11H17NO/c1-11(13,9-12)8-7-10-5-3-2-4-6-10/h2-6,13H,7-9,12H2,1H3/t11-/m0/s1. The monoisotopic (exact) mass is 179 g/mol. The van der Waals surface area contributed by atoms with Crippen LogP contribution in [-0.2, 0) is 6.42 Å². The lowest BCUT2D eigenvalue weighted by atomic mass is 9.97. The van der Waals surface area contributed by atoms with E-state index in [0.717, 1.165) is 6.42 Å². The summed E-state index contributed by atoms with van der Waals surface area (Å²) in [6, 6.07) is 10.1. The maximum absolute atomic E-state index is 9.66. The molecule has 0 bridgehead atoms. The summed E-state index contributed by atoms with van der Waals surface area (Å²) >= 11 is 0. The Hall–Kier alpha value is -0.860. The van der Waals surface area contributed by atoms with Gasteiger partial charge < -0.3 is 10.8 Å². The molecule has 1 aromatic rings. The summed E-state index contributed by atoms with van der Waals surface area (Å²) in [5.74, 6) is 0. The maximum atomic E-state index is 9.66. The van der Waals surface area contributed by atoms with Crippen LogP contribution in [0.15, 0.2) is 30.3 Å². The topological polar surface area (TPSA) is 46.2 Å². The van der Waals surface area contributed by atoms with E-state index >= 15 is 0 Å². The number of nitrogens with two attached hydrogens (primary N) is 1. The van der Waals surface area contributed by atoms with Crippen molar-refractivity contribution in [3.63, 3.8) is 0 Å². The van der Waals surface area contributed by atoms with Crippen molar-refractivity contribution in [1.29, 1.82) is 0 Å². The van der Waals surface area contributed by atoms with Crippen LogP contribution in [0.25, 0.3) is 0 Å². The van der Waals surface area contributed by atoms with Crippen molar-refractivity contribution in [3.05, 3.63) is 35.9 Å². The Labute approximate surface area is 79.4 Å². The zero-order chi connectivity index (χ0) is 9.73. The lowest BCUT2D eigenvalue weighted by Crippen LogP contribution is -2.34. The Morgan fingerprint density at radius 1 is 1.31 bits per heavy atom. The molecule has 0 fully saturated rings. The molecule has 0 saturated carbocycles. The van der Waals surface area contributed by atoms with Crippen LogP contribution in [0.2, 0.25) is 0 Å². The third-order valence-corrected chi connectivity index (χ3v) is 2.23. The Morgan fingerprint density at radius 2 is 1.92 bits per heavy atom. The molecule has 0 radical (unpaired) electrons. The van der Waals surface area contributed by atoms with Gasteiger partial charge in [-0.2, -0.15) is 0 Å². The second-order valence-corrected chi connectivity index (χ2v) is 3.69. The Morgan fingerprint density at radius 3 is 2.46 bits per heavy atom. The van der Waals surface area contributed by atoms with E-state index in [1.54, 1.807) is 6.92 Å². The summed E-state index contributed by atoms with van der Waals surface area (Å²) in [5, 5.41) is 9.66. The van der Waals surface area contributed by atoms with Crippen molar-refractivity contribution >= 4 is 0 Å². The first kappa shape index (κ1) is 10.2. The molecule has 3 N–H and O–H groups in total. The second kappa shape index (κ2) is 4.40. The Bertz CT molecular complexity index is 244. The van der Waals surface area contributed by atoms with E-state index in [1.165, 1.54) is 5.56 Å². The van der Waals surface area contributed by atoms with E-state index in [1.807, 2.05) is 18.2 Å². The molecule has 13 heavy (non-hydrogen) atoms. The molecule has 1 aromatic carbocycles. The minimum Gasteiger partial charge on any atom is -0.389 e. The summed E-state index contributed by atoms with van der Waals surface area (Å²) in [7, 11) is 0. The van der Waals surface area contributed by atoms with Crippen LogP contribution in [0, 0.1) is 0 Å². The molecular weight excluding hydrogens is 162 g/mol. The number of benzene rings is 1. The molecule has 0 saturated heterocycles. The number of aryl methyl sites for hydroxylation is 1. The van der Waals surface area contributed by atoms with Gasteiger partial charge in [0.15, 0.2) is 0 Å². The van der Waals surface area contributed by atoms with Gasteiger partial charge in [0, 0.05) is 6.54 Å². The van der Waals surface area contributed by atoms with Gasteiger partial charge in [0.25, 0.3) is 0 Å². The van der Waals surface area contributed by atoms with Gasteiger partial charge in [-0.3, -0.25) is 0 Å². The maximum Gasteiger partial charge on any atom is 0.0744 e. The van der Waals surface area contributed by atoms with Gasteiger partial charge in [0.2, 0.25) is 0 Å².